The molecule has 0 spiro atoms. The maximum absolute atomic E-state index is 11.3. The zero-order valence-electron chi connectivity index (χ0n) is 7.87. The Kier molecular flexibility index (Phi) is 2.96. The number of aromatic nitrogens is 1. The van der Waals surface area contributed by atoms with E-state index in [1.54, 1.807) is 18.2 Å². The fraction of sp³-hybridized carbons (Fsp3) is 0. The van der Waals surface area contributed by atoms with Crippen LogP contribution < -0.4 is 5.48 Å². The third-order valence-electron chi connectivity index (χ3n) is 2.11. The van der Waals surface area contributed by atoms with Gasteiger partial charge in [0.15, 0.2) is 0 Å². The molecule has 1 amide bonds. The molecule has 1 aromatic carbocycles. The summed E-state index contributed by atoms with van der Waals surface area (Å²) in [5.41, 5.74) is 1.60. The van der Waals surface area contributed by atoms with Crippen molar-refractivity contribution < 1.29 is 10.0 Å². The van der Waals surface area contributed by atoms with Crippen molar-refractivity contribution in [1.29, 1.82) is 0 Å². The van der Waals surface area contributed by atoms with Crippen molar-refractivity contribution in [2.24, 2.45) is 0 Å². The van der Waals surface area contributed by atoms with E-state index in [-0.39, 0.29) is 5.69 Å². The average Bonchev–Trinajstić information content (AvgIpc) is 2.27. The topological polar surface area (TPSA) is 62.2 Å². The van der Waals surface area contributed by atoms with Gasteiger partial charge >= 0.3 is 0 Å². The van der Waals surface area contributed by atoms with Crippen molar-refractivity contribution in [1.82, 2.24) is 10.5 Å². The monoisotopic (exact) mass is 256 g/mol. The van der Waals surface area contributed by atoms with E-state index in [1.165, 1.54) is 11.7 Å². The first-order valence-electron chi connectivity index (χ1n) is 4.31. The number of pyridine rings is 1. The summed E-state index contributed by atoms with van der Waals surface area (Å²) in [6.45, 7) is 0. The zero-order valence-corrected chi connectivity index (χ0v) is 9.38. The Labute approximate surface area is 101 Å². The Bertz CT molecular complexity index is 572. The van der Waals surface area contributed by atoms with E-state index in [0.29, 0.717) is 20.8 Å². The number of nitrogens with zero attached hydrogens (tertiary/aromatic N) is 1. The first-order valence-corrected chi connectivity index (χ1v) is 5.07. The van der Waals surface area contributed by atoms with E-state index in [9.17, 15) is 4.79 Å². The number of carbonyl (C=O) groups excluding carboxylic acids is 1. The molecule has 2 rings (SSSR count). The maximum atomic E-state index is 11.3. The highest BCUT2D eigenvalue weighted by molar-refractivity contribution is 6.39. The van der Waals surface area contributed by atoms with E-state index in [0.717, 1.165) is 0 Å². The number of hydrogen-bond acceptors (Lipinski definition) is 3. The highest BCUT2D eigenvalue weighted by Crippen LogP contribution is 2.28. The molecule has 0 aliphatic rings. The standard InChI is InChI=1S/C10H6Cl2N2O2/c11-5-3-7-6(8(12)4-5)1-2-13-9(7)10(15)14-16/h1-4,16H,(H,14,15). The molecule has 0 aliphatic carbocycles. The van der Waals surface area contributed by atoms with E-state index < -0.39 is 5.91 Å². The Morgan fingerprint density at radius 2 is 2.06 bits per heavy atom. The van der Waals surface area contributed by atoms with Gasteiger partial charge in [-0.15, -0.1) is 0 Å². The van der Waals surface area contributed by atoms with Crippen LogP contribution in [0.2, 0.25) is 10.0 Å². The quantitative estimate of drug-likeness (QED) is 0.609. The summed E-state index contributed by atoms with van der Waals surface area (Å²) in [4.78, 5) is 15.2. The lowest BCUT2D eigenvalue weighted by molar-refractivity contribution is 0.0703. The van der Waals surface area contributed by atoms with Gasteiger partial charge in [-0.2, -0.15) is 0 Å². The molecule has 16 heavy (non-hydrogen) atoms. The smallest absolute Gasteiger partial charge is 0.288 e. The molecule has 0 saturated carbocycles. The van der Waals surface area contributed by atoms with E-state index in [1.807, 2.05) is 0 Å². The van der Waals surface area contributed by atoms with Crippen LogP contribution in [0.25, 0.3) is 10.8 Å². The minimum atomic E-state index is -0.705. The van der Waals surface area contributed by atoms with Gasteiger partial charge in [-0.05, 0) is 18.2 Å². The Morgan fingerprint density at radius 1 is 1.31 bits per heavy atom. The highest BCUT2D eigenvalue weighted by atomic mass is 35.5. The van der Waals surface area contributed by atoms with Crippen LogP contribution >= 0.6 is 23.2 Å². The first kappa shape index (κ1) is 11.1. The van der Waals surface area contributed by atoms with Gasteiger partial charge in [0, 0.05) is 22.0 Å². The number of hydroxylamine groups is 1. The zero-order chi connectivity index (χ0) is 11.7. The molecule has 0 fully saturated rings. The Hall–Kier alpha value is -1.36. The summed E-state index contributed by atoms with van der Waals surface area (Å²) in [6, 6.07) is 4.81. The summed E-state index contributed by atoms with van der Waals surface area (Å²) in [7, 11) is 0. The molecular formula is C10H6Cl2N2O2. The van der Waals surface area contributed by atoms with Gasteiger partial charge in [0.1, 0.15) is 5.69 Å². The molecule has 0 atom stereocenters. The molecule has 82 valence electrons. The molecule has 1 heterocycles. The average molecular weight is 257 g/mol. The molecule has 0 saturated heterocycles. The van der Waals surface area contributed by atoms with Gasteiger partial charge in [0.2, 0.25) is 0 Å². The maximum Gasteiger partial charge on any atom is 0.293 e. The van der Waals surface area contributed by atoms with Crippen LogP contribution in [-0.2, 0) is 0 Å². The van der Waals surface area contributed by atoms with Crippen LogP contribution in [-0.4, -0.2) is 16.1 Å². The third kappa shape index (κ3) is 1.82. The molecule has 2 N–H and O–H groups in total. The largest absolute Gasteiger partial charge is 0.293 e. The van der Waals surface area contributed by atoms with Crippen LogP contribution in [0.15, 0.2) is 24.4 Å². The van der Waals surface area contributed by atoms with Crippen LogP contribution in [0.5, 0.6) is 0 Å². The Morgan fingerprint density at radius 3 is 2.75 bits per heavy atom. The normalized spacial score (nSPS) is 10.4. The Balaban J connectivity index is 2.81. The van der Waals surface area contributed by atoms with Gasteiger partial charge in [-0.3, -0.25) is 15.0 Å². The summed E-state index contributed by atoms with van der Waals surface area (Å²) in [6.07, 6.45) is 1.44. The van der Waals surface area contributed by atoms with Crippen molar-refractivity contribution in [2.45, 2.75) is 0 Å². The molecular weight excluding hydrogens is 251 g/mol. The van der Waals surface area contributed by atoms with Gasteiger partial charge in [0.05, 0.1) is 5.02 Å². The number of hydrogen-bond donors (Lipinski definition) is 2. The molecule has 0 aliphatic heterocycles. The molecule has 4 nitrogen and oxygen atoms in total. The van der Waals surface area contributed by atoms with E-state index in [2.05, 4.69) is 4.98 Å². The van der Waals surface area contributed by atoms with Crippen LogP contribution in [0.1, 0.15) is 10.5 Å². The second-order valence-corrected chi connectivity index (χ2v) is 3.93. The van der Waals surface area contributed by atoms with Crippen molar-refractivity contribution in [3.8, 4) is 0 Å². The van der Waals surface area contributed by atoms with Crippen LogP contribution in [0.4, 0.5) is 0 Å². The minimum absolute atomic E-state index is 0.0735. The van der Waals surface area contributed by atoms with Crippen LogP contribution in [0.3, 0.4) is 0 Å². The summed E-state index contributed by atoms with van der Waals surface area (Å²) in [5.74, 6) is -0.705. The number of carbonyl (C=O) groups is 1. The lowest BCUT2D eigenvalue weighted by Crippen LogP contribution is -2.20. The first-order chi connectivity index (χ1) is 7.63. The minimum Gasteiger partial charge on any atom is -0.288 e. The number of rotatable bonds is 1. The van der Waals surface area contributed by atoms with Gasteiger partial charge in [-0.25, -0.2) is 5.48 Å². The molecule has 6 heteroatoms. The summed E-state index contributed by atoms with van der Waals surface area (Å²) < 4.78 is 0. The SMILES string of the molecule is O=C(NO)c1nccc2c(Cl)cc(Cl)cc12. The third-order valence-corrected chi connectivity index (χ3v) is 2.64. The molecule has 0 unspecified atom stereocenters. The predicted octanol–water partition coefficient (Wildman–Crippen LogP) is 2.66. The number of fused-ring (bicyclic) bond motifs is 1. The second kappa shape index (κ2) is 4.25. The molecule has 0 bridgehead atoms. The second-order valence-electron chi connectivity index (χ2n) is 3.08. The number of amides is 1. The van der Waals surface area contributed by atoms with E-state index in [4.69, 9.17) is 28.4 Å². The van der Waals surface area contributed by atoms with E-state index >= 15 is 0 Å². The van der Waals surface area contributed by atoms with Crippen molar-refractivity contribution in [2.75, 3.05) is 0 Å². The lowest BCUT2D eigenvalue weighted by Gasteiger charge is -2.05. The van der Waals surface area contributed by atoms with Crippen molar-refractivity contribution in [3.05, 3.63) is 40.1 Å². The van der Waals surface area contributed by atoms with Gasteiger partial charge in [0.25, 0.3) is 5.91 Å². The van der Waals surface area contributed by atoms with Crippen molar-refractivity contribution >= 4 is 39.9 Å². The van der Waals surface area contributed by atoms with Crippen molar-refractivity contribution in [3.63, 3.8) is 0 Å². The number of halogens is 2. The fourth-order valence-corrected chi connectivity index (χ4v) is 2.00. The molecule has 1 aromatic heterocycles. The predicted molar refractivity (Wildman–Crippen MR) is 61.0 cm³/mol. The van der Waals surface area contributed by atoms with Gasteiger partial charge < -0.3 is 0 Å². The highest BCUT2D eigenvalue weighted by Gasteiger charge is 2.12. The fourth-order valence-electron chi connectivity index (χ4n) is 1.44. The number of nitrogens with one attached hydrogen (secondary N) is 1. The summed E-state index contributed by atoms with van der Waals surface area (Å²) in [5, 5.41) is 10.6. The lowest BCUT2D eigenvalue weighted by atomic mass is 10.1. The van der Waals surface area contributed by atoms with Crippen LogP contribution in [0, 0.1) is 0 Å². The number of benzene rings is 1. The summed E-state index contributed by atoms with van der Waals surface area (Å²) >= 11 is 11.8. The van der Waals surface area contributed by atoms with Gasteiger partial charge in [-0.1, -0.05) is 23.2 Å². The molecule has 2 aromatic rings. The molecule has 0 radical (unpaired) electrons.